The molecule has 4 atom stereocenters. The van der Waals surface area contributed by atoms with Gasteiger partial charge < -0.3 is 4.90 Å². The van der Waals surface area contributed by atoms with Gasteiger partial charge in [-0.2, -0.15) is 0 Å². The summed E-state index contributed by atoms with van der Waals surface area (Å²) >= 11 is 1.76. The molecule has 0 radical (unpaired) electrons. The highest BCUT2D eigenvalue weighted by atomic mass is 32.2. The van der Waals surface area contributed by atoms with E-state index in [1.807, 2.05) is 6.07 Å². The Morgan fingerprint density at radius 2 is 1.90 bits per heavy atom. The number of urea groups is 1. The molecule has 9 nitrogen and oxygen atoms in total. The van der Waals surface area contributed by atoms with Gasteiger partial charge in [-0.05, 0) is 18.4 Å². The highest BCUT2D eigenvalue weighted by molar-refractivity contribution is 8.00. The van der Waals surface area contributed by atoms with Crippen molar-refractivity contribution in [3.05, 3.63) is 39.9 Å². The summed E-state index contributed by atoms with van der Waals surface area (Å²) in [6, 6.07) is 6.09. The number of benzene rings is 1. The number of carbonyl (C=O) groups excluding carboxylic acids is 2. The van der Waals surface area contributed by atoms with Gasteiger partial charge in [0.25, 0.3) is 5.69 Å². The van der Waals surface area contributed by atoms with Crippen molar-refractivity contribution in [2.24, 2.45) is 5.92 Å². The summed E-state index contributed by atoms with van der Waals surface area (Å²) in [6.07, 6.45) is 3.74. The van der Waals surface area contributed by atoms with Crippen LogP contribution in [0.15, 0.2) is 24.3 Å². The lowest BCUT2D eigenvalue weighted by Gasteiger charge is -2.50. The molecule has 1 aromatic carbocycles. The van der Waals surface area contributed by atoms with Crippen molar-refractivity contribution < 1.29 is 14.5 Å². The van der Waals surface area contributed by atoms with Gasteiger partial charge in [-0.1, -0.05) is 25.0 Å². The number of amides is 3. The van der Waals surface area contributed by atoms with E-state index in [2.05, 4.69) is 10.6 Å². The van der Waals surface area contributed by atoms with E-state index in [0.717, 1.165) is 12.8 Å². The van der Waals surface area contributed by atoms with E-state index >= 15 is 0 Å². The molecule has 2 saturated heterocycles. The SMILES string of the molecule is CN1C(=O)C2C(SC3CCCC3)NC(c3cccc([N+](=O)[O-])c3)NC2N(C)C1=O. The van der Waals surface area contributed by atoms with Crippen LogP contribution in [-0.4, -0.2) is 57.5 Å². The molecular formula is C19H25N5O4S. The lowest BCUT2D eigenvalue weighted by atomic mass is 9.96. The molecule has 2 aliphatic heterocycles. The summed E-state index contributed by atoms with van der Waals surface area (Å²) in [5.74, 6) is -0.630. The summed E-state index contributed by atoms with van der Waals surface area (Å²) in [7, 11) is 3.20. The molecular weight excluding hydrogens is 394 g/mol. The fourth-order valence-corrected chi connectivity index (χ4v) is 6.08. The zero-order valence-electron chi connectivity index (χ0n) is 16.4. The van der Waals surface area contributed by atoms with Crippen molar-refractivity contribution in [1.29, 1.82) is 0 Å². The van der Waals surface area contributed by atoms with Crippen molar-refractivity contribution in [2.45, 2.75) is 48.6 Å². The minimum Gasteiger partial charge on any atom is -0.311 e. The van der Waals surface area contributed by atoms with Crippen LogP contribution in [0, 0.1) is 16.0 Å². The van der Waals surface area contributed by atoms with Crippen molar-refractivity contribution in [1.82, 2.24) is 20.4 Å². The van der Waals surface area contributed by atoms with Gasteiger partial charge >= 0.3 is 6.03 Å². The van der Waals surface area contributed by atoms with Crippen LogP contribution in [-0.2, 0) is 4.79 Å². The number of nitro benzene ring substituents is 1. The predicted molar refractivity (Wildman–Crippen MR) is 109 cm³/mol. The second-order valence-electron chi connectivity index (χ2n) is 7.84. The summed E-state index contributed by atoms with van der Waals surface area (Å²) < 4.78 is 0. The Morgan fingerprint density at radius 1 is 1.17 bits per heavy atom. The molecule has 3 fully saturated rings. The number of fused-ring (bicyclic) bond motifs is 1. The molecule has 0 bridgehead atoms. The summed E-state index contributed by atoms with van der Waals surface area (Å²) in [5.41, 5.74) is 0.721. The first-order chi connectivity index (χ1) is 13.9. The van der Waals surface area contributed by atoms with Crippen molar-refractivity contribution >= 4 is 29.4 Å². The third-order valence-electron chi connectivity index (χ3n) is 6.01. The molecule has 2 N–H and O–H groups in total. The van der Waals surface area contributed by atoms with E-state index in [4.69, 9.17) is 0 Å². The number of thioether (sulfide) groups is 1. The molecule has 3 amide bonds. The Kier molecular flexibility index (Phi) is 5.50. The molecule has 156 valence electrons. The highest BCUT2D eigenvalue weighted by Crippen LogP contribution is 2.40. The van der Waals surface area contributed by atoms with Crippen LogP contribution in [0.4, 0.5) is 10.5 Å². The minimum absolute atomic E-state index is 0.0112. The van der Waals surface area contributed by atoms with Crippen LogP contribution in [0.25, 0.3) is 0 Å². The number of rotatable bonds is 4. The third-order valence-corrected chi connectivity index (χ3v) is 7.59. The van der Waals surface area contributed by atoms with Crippen LogP contribution in [0.1, 0.15) is 37.4 Å². The predicted octanol–water partition coefficient (Wildman–Crippen LogP) is 2.25. The molecule has 10 heteroatoms. The summed E-state index contributed by atoms with van der Waals surface area (Å²) in [6.45, 7) is 0. The summed E-state index contributed by atoms with van der Waals surface area (Å²) in [5, 5.41) is 18.3. The molecule has 1 aromatic rings. The maximum atomic E-state index is 13.0. The molecule has 0 aromatic heterocycles. The van der Waals surface area contributed by atoms with Gasteiger partial charge in [-0.3, -0.25) is 30.4 Å². The fraction of sp³-hybridized carbons (Fsp3) is 0.579. The lowest BCUT2D eigenvalue weighted by Crippen LogP contribution is -2.72. The molecule has 29 heavy (non-hydrogen) atoms. The number of non-ortho nitro benzene ring substituents is 1. The van der Waals surface area contributed by atoms with Crippen molar-refractivity contribution in [2.75, 3.05) is 14.1 Å². The first-order valence-corrected chi connectivity index (χ1v) is 10.8. The number of nitrogens with one attached hydrogen (secondary N) is 2. The second-order valence-corrected chi connectivity index (χ2v) is 9.29. The number of carbonyl (C=O) groups is 2. The third kappa shape index (κ3) is 3.72. The Labute approximate surface area is 173 Å². The van der Waals surface area contributed by atoms with Gasteiger partial charge in [0, 0.05) is 31.5 Å². The molecule has 4 unspecified atom stereocenters. The minimum atomic E-state index is -0.476. The first-order valence-electron chi connectivity index (χ1n) is 9.83. The van der Waals surface area contributed by atoms with E-state index in [0.29, 0.717) is 10.8 Å². The first kappa shape index (κ1) is 20.1. The van der Waals surface area contributed by atoms with Crippen LogP contribution in [0.5, 0.6) is 0 Å². The quantitative estimate of drug-likeness (QED) is 0.569. The standard InChI is InChI=1S/C19H25N5O4S/c1-22-16-14(18(25)23(2)19(22)26)17(29-13-8-3-4-9-13)21-15(20-16)11-6-5-7-12(10-11)24(27)28/h5-7,10,13-17,20-21H,3-4,8-9H2,1-2H3. The number of nitro groups is 1. The monoisotopic (exact) mass is 419 g/mol. The Hall–Kier alpha value is -2.17. The Bertz CT molecular complexity index is 831. The molecule has 4 rings (SSSR count). The maximum Gasteiger partial charge on any atom is 0.327 e. The normalized spacial score (nSPS) is 30.6. The van der Waals surface area contributed by atoms with Crippen LogP contribution in [0.3, 0.4) is 0 Å². The van der Waals surface area contributed by atoms with Crippen LogP contribution >= 0.6 is 11.8 Å². The number of imide groups is 1. The topological polar surface area (TPSA) is 108 Å². The van der Waals surface area contributed by atoms with Gasteiger partial charge in [0.2, 0.25) is 5.91 Å². The van der Waals surface area contributed by atoms with E-state index in [1.165, 1.54) is 36.9 Å². The molecule has 2 heterocycles. The van der Waals surface area contributed by atoms with Gasteiger partial charge in [0.15, 0.2) is 0 Å². The fourth-order valence-electron chi connectivity index (χ4n) is 4.41. The molecule has 1 aliphatic carbocycles. The molecule has 1 saturated carbocycles. The van der Waals surface area contributed by atoms with E-state index in [9.17, 15) is 19.7 Å². The average Bonchev–Trinajstić information content (AvgIpc) is 3.23. The van der Waals surface area contributed by atoms with Gasteiger partial charge in [0.05, 0.1) is 28.5 Å². The van der Waals surface area contributed by atoms with E-state index in [-0.39, 0.29) is 23.0 Å². The van der Waals surface area contributed by atoms with Gasteiger partial charge in [-0.15, -0.1) is 11.8 Å². The van der Waals surface area contributed by atoms with Crippen molar-refractivity contribution in [3.63, 3.8) is 0 Å². The summed E-state index contributed by atoms with van der Waals surface area (Å²) in [4.78, 5) is 39.0. The van der Waals surface area contributed by atoms with Crippen molar-refractivity contribution in [3.8, 4) is 0 Å². The molecule has 3 aliphatic rings. The Morgan fingerprint density at radius 3 is 2.59 bits per heavy atom. The zero-order valence-corrected chi connectivity index (χ0v) is 17.2. The van der Waals surface area contributed by atoms with E-state index < -0.39 is 23.2 Å². The number of hydrogen-bond donors (Lipinski definition) is 2. The van der Waals surface area contributed by atoms with Gasteiger partial charge in [-0.25, -0.2) is 4.79 Å². The smallest absolute Gasteiger partial charge is 0.311 e. The molecule has 0 spiro atoms. The largest absolute Gasteiger partial charge is 0.327 e. The van der Waals surface area contributed by atoms with Crippen LogP contribution in [0.2, 0.25) is 0 Å². The zero-order chi connectivity index (χ0) is 20.7. The maximum absolute atomic E-state index is 13.0. The average molecular weight is 420 g/mol. The lowest BCUT2D eigenvalue weighted by molar-refractivity contribution is -0.384. The van der Waals surface area contributed by atoms with Crippen LogP contribution < -0.4 is 10.6 Å². The van der Waals surface area contributed by atoms with Gasteiger partial charge in [0.1, 0.15) is 0 Å². The highest BCUT2D eigenvalue weighted by Gasteiger charge is 2.51. The number of hydrogen-bond acceptors (Lipinski definition) is 7. The van der Waals surface area contributed by atoms with E-state index in [1.54, 1.807) is 29.8 Å². The second kappa shape index (κ2) is 7.92. The Balaban J connectivity index is 1.66. The number of nitrogens with zero attached hydrogens (tertiary/aromatic N) is 3.